The summed E-state index contributed by atoms with van der Waals surface area (Å²) in [5.74, 6) is 0.292. The molecule has 0 amide bonds. The van der Waals surface area contributed by atoms with Crippen LogP contribution in [0, 0.1) is 34.0 Å². The summed E-state index contributed by atoms with van der Waals surface area (Å²) in [5.41, 5.74) is 0.154. The molecule has 3 nitrogen and oxygen atoms in total. The zero-order chi connectivity index (χ0) is 10.7. The van der Waals surface area contributed by atoms with Crippen LogP contribution < -0.4 is 0 Å². The zero-order valence-corrected chi connectivity index (χ0v) is 8.70. The molecule has 0 spiro atoms. The Morgan fingerprint density at radius 3 is 2.87 bits per heavy atom. The number of hydrogen-bond acceptors (Lipinski definition) is 3. The fourth-order valence-corrected chi connectivity index (χ4v) is 2.57. The van der Waals surface area contributed by atoms with Gasteiger partial charge in [0.15, 0.2) is 5.41 Å². The van der Waals surface area contributed by atoms with E-state index in [2.05, 4.69) is 12.1 Å². The quantitative estimate of drug-likeness (QED) is 0.565. The summed E-state index contributed by atoms with van der Waals surface area (Å²) in [4.78, 5) is 0. The van der Waals surface area contributed by atoms with Crippen molar-refractivity contribution in [3.63, 3.8) is 0 Å². The normalized spacial score (nSPS) is 28.9. The van der Waals surface area contributed by atoms with Crippen molar-refractivity contribution in [2.75, 3.05) is 13.2 Å². The highest BCUT2D eigenvalue weighted by molar-refractivity contribution is 5.36. The van der Waals surface area contributed by atoms with Gasteiger partial charge in [0.05, 0.1) is 25.4 Å². The smallest absolute Gasteiger partial charge is 0.165 e. The van der Waals surface area contributed by atoms with Crippen molar-refractivity contribution in [1.82, 2.24) is 0 Å². The van der Waals surface area contributed by atoms with Gasteiger partial charge in [-0.15, -0.1) is 0 Å². The van der Waals surface area contributed by atoms with E-state index in [-0.39, 0.29) is 0 Å². The van der Waals surface area contributed by atoms with Crippen LogP contribution >= 0.6 is 0 Å². The highest BCUT2D eigenvalue weighted by atomic mass is 16.5. The van der Waals surface area contributed by atoms with Crippen molar-refractivity contribution in [3.8, 4) is 12.1 Å². The van der Waals surface area contributed by atoms with Crippen LogP contribution in [0.25, 0.3) is 0 Å². The van der Waals surface area contributed by atoms with E-state index in [1.54, 1.807) is 0 Å². The van der Waals surface area contributed by atoms with Crippen LogP contribution in [0.3, 0.4) is 0 Å². The van der Waals surface area contributed by atoms with Crippen molar-refractivity contribution in [2.24, 2.45) is 11.3 Å². The Hall–Kier alpha value is -1.32. The first kappa shape index (κ1) is 10.2. The first-order valence-corrected chi connectivity index (χ1v) is 5.43. The Kier molecular flexibility index (Phi) is 2.75. The predicted octanol–water partition coefficient (Wildman–Crippen LogP) is 2.17. The Bertz CT molecular complexity index is 345. The van der Waals surface area contributed by atoms with Crippen LogP contribution in [0.4, 0.5) is 0 Å². The van der Waals surface area contributed by atoms with E-state index in [0.717, 1.165) is 24.8 Å². The largest absolute Gasteiger partial charge is 0.377 e. The third kappa shape index (κ3) is 1.64. The molecular formula is C12H14N2O. The molecule has 0 saturated heterocycles. The van der Waals surface area contributed by atoms with Gasteiger partial charge in [0.2, 0.25) is 0 Å². The highest BCUT2D eigenvalue weighted by Gasteiger charge is 2.41. The molecule has 1 aliphatic carbocycles. The number of nitrogens with zero attached hydrogens (tertiary/aromatic N) is 2. The third-order valence-electron chi connectivity index (χ3n) is 3.41. The fourth-order valence-electron chi connectivity index (χ4n) is 2.57. The van der Waals surface area contributed by atoms with Gasteiger partial charge < -0.3 is 4.74 Å². The zero-order valence-electron chi connectivity index (χ0n) is 8.70. The molecule has 1 unspecified atom stereocenters. The second kappa shape index (κ2) is 4.04. The van der Waals surface area contributed by atoms with Crippen LogP contribution in [0.15, 0.2) is 11.6 Å². The van der Waals surface area contributed by atoms with Crippen molar-refractivity contribution >= 4 is 0 Å². The van der Waals surface area contributed by atoms with Gasteiger partial charge in [-0.05, 0) is 18.4 Å². The summed E-state index contributed by atoms with van der Waals surface area (Å²) in [6, 6.07) is 4.44. The molecular weight excluding hydrogens is 188 g/mol. The van der Waals surface area contributed by atoms with Gasteiger partial charge in [0.1, 0.15) is 0 Å². The lowest BCUT2D eigenvalue weighted by Gasteiger charge is -2.29. The molecule has 0 aromatic carbocycles. The number of fused-ring (bicyclic) bond motifs is 1. The molecule has 1 atom stereocenters. The number of hydrogen-bond donors (Lipinski definition) is 0. The van der Waals surface area contributed by atoms with Gasteiger partial charge in [-0.25, -0.2) is 0 Å². The highest BCUT2D eigenvalue weighted by Crippen LogP contribution is 2.43. The standard InChI is InChI=1S/C12H14N2O/c13-8-12(9-14)5-2-1-3-10-7-15-6-4-11(10)12/h4,10H,1-3,5-7H2. The van der Waals surface area contributed by atoms with E-state index in [4.69, 9.17) is 4.74 Å². The topological polar surface area (TPSA) is 56.8 Å². The SMILES string of the molecule is N#CC1(C#N)CCCCC2COCC=C21. The molecule has 0 N–H and O–H groups in total. The first-order chi connectivity index (χ1) is 7.32. The van der Waals surface area contributed by atoms with E-state index in [9.17, 15) is 10.5 Å². The van der Waals surface area contributed by atoms with E-state index < -0.39 is 5.41 Å². The minimum Gasteiger partial charge on any atom is -0.377 e. The second-order valence-corrected chi connectivity index (χ2v) is 4.27. The monoisotopic (exact) mass is 202 g/mol. The van der Waals surface area contributed by atoms with Crippen LogP contribution in [-0.4, -0.2) is 13.2 Å². The maximum Gasteiger partial charge on any atom is 0.165 e. The van der Waals surface area contributed by atoms with Crippen LogP contribution in [0.5, 0.6) is 0 Å². The average molecular weight is 202 g/mol. The van der Waals surface area contributed by atoms with E-state index >= 15 is 0 Å². The number of rotatable bonds is 0. The van der Waals surface area contributed by atoms with Gasteiger partial charge in [0, 0.05) is 5.92 Å². The molecule has 1 aliphatic heterocycles. The Balaban J connectivity index is 2.41. The molecule has 1 fully saturated rings. The van der Waals surface area contributed by atoms with Gasteiger partial charge in [-0.3, -0.25) is 0 Å². The van der Waals surface area contributed by atoms with E-state index in [0.29, 0.717) is 25.6 Å². The summed E-state index contributed by atoms with van der Waals surface area (Å²) in [6.45, 7) is 1.23. The molecule has 2 aliphatic rings. The summed E-state index contributed by atoms with van der Waals surface area (Å²) < 4.78 is 5.38. The number of ether oxygens (including phenoxy) is 1. The molecule has 0 aromatic rings. The lowest BCUT2D eigenvalue weighted by Crippen LogP contribution is -2.28. The molecule has 1 heterocycles. The van der Waals surface area contributed by atoms with Crippen LogP contribution in [0.1, 0.15) is 25.7 Å². The van der Waals surface area contributed by atoms with Crippen molar-refractivity contribution in [2.45, 2.75) is 25.7 Å². The molecule has 1 saturated carbocycles. The van der Waals surface area contributed by atoms with Crippen LogP contribution in [-0.2, 0) is 4.74 Å². The summed E-state index contributed by atoms with van der Waals surface area (Å²) >= 11 is 0. The Morgan fingerprint density at radius 1 is 1.33 bits per heavy atom. The molecule has 3 heteroatoms. The Morgan fingerprint density at radius 2 is 2.13 bits per heavy atom. The van der Waals surface area contributed by atoms with Gasteiger partial charge in [0.25, 0.3) is 0 Å². The van der Waals surface area contributed by atoms with Crippen molar-refractivity contribution in [3.05, 3.63) is 11.6 Å². The average Bonchev–Trinajstić information content (AvgIpc) is 2.49. The summed E-state index contributed by atoms with van der Waals surface area (Å²) in [6.07, 6.45) is 5.75. The lowest BCUT2D eigenvalue weighted by molar-refractivity contribution is 0.112. The van der Waals surface area contributed by atoms with E-state index in [1.165, 1.54) is 0 Å². The minimum absolute atomic E-state index is 0.292. The first-order valence-electron chi connectivity index (χ1n) is 5.43. The molecule has 0 bridgehead atoms. The summed E-state index contributed by atoms with van der Waals surface area (Å²) in [7, 11) is 0. The van der Waals surface area contributed by atoms with Crippen molar-refractivity contribution in [1.29, 1.82) is 10.5 Å². The summed E-state index contributed by atoms with van der Waals surface area (Å²) in [5, 5.41) is 18.5. The van der Waals surface area contributed by atoms with E-state index in [1.807, 2.05) is 6.08 Å². The predicted molar refractivity (Wildman–Crippen MR) is 54.5 cm³/mol. The maximum absolute atomic E-state index is 9.25. The third-order valence-corrected chi connectivity index (χ3v) is 3.41. The number of nitriles is 2. The molecule has 0 radical (unpaired) electrons. The van der Waals surface area contributed by atoms with Gasteiger partial charge in [-0.2, -0.15) is 10.5 Å². The molecule has 0 aromatic heterocycles. The minimum atomic E-state index is -0.870. The maximum atomic E-state index is 9.25. The van der Waals surface area contributed by atoms with Crippen LogP contribution in [0.2, 0.25) is 0 Å². The molecule has 2 rings (SSSR count). The Labute approximate surface area is 90.0 Å². The second-order valence-electron chi connectivity index (χ2n) is 4.27. The van der Waals surface area contributed by atoms with Crippen molar-refractivity contribution < 1.29 is 4.74 Å². The van der Waals surface area contributed by atoms with Gasteiger partial charge in [-0.1, -0.05) is 18.9 Å². The lowest BCUT2D eigenvalue weighted by atomic mass is 9.74. The fraction of sp³-hybridized carbons (Fsp3) is 0.667. The molecule has 15 heavy (non-hydrogen) atoms. The molecule has 78 valence electrons. The van der Waals surface area contributed by atoms with Gasteiger partial charge >= 0.3 is 0 Å².